The third kappa shape index (κ3) is 5.38. The Morgan fingerprint density at radius 1 is 1.14 bits per heavy atom. The third-order valence-corrected chi connectivity index (χ3v) is 6.27. The molecule has 1 amide bonds. The first-order valence-electron chi connectivity index (χ1n) is 9.56. The first-order valence-corrected chi connectivity index (χ1v) is 10.8. The zero-order valence-electron chi connectivity index (χ0n) is 15.9. The van der Waals surface area contributed by atoms with E-state index in [4.69, 9.17) is 11.6 Å². The van der Waals surface area contributed by atoms with Crippen molar-refractivity contribution < 1.29 is 4.79 Å². The van der Waals surface area contributed by atoms with Gasteiger partial charge in [-0.3, -0.25) is 9.69 Å². The Labute approximate surface area is 179 Å². The van der Waals surface area contributed by atoms with Crippen LogP contribution in [0.1, 0.15) is 18.9 Å². The van der Waals surface area contributed by atoms with Crippen LogP contribution in [0.4, 0.5) is 5.69 Å². The number of nitrogens with zero attached hydrogens (tertiary/aromatic N) is 4. The molecule has 2 heterocycles. The number of aromatic nitrogens is 3. The molecule has 0 aliphatic carbocycles. The van der Waals surface area contributed by atoms with Crippen molar-refractivity contribution in [3.8, 4) is 0 Å². The summed E-state index contributed by atoms with van der Waals surface area (Å²) in [5.41, 5.74) is 0.829. The highest BCUT2D eigenvalue weighted by Gasteiger charge is 2.22. The van der Waals surface area contributed by atoms with Crippen LogP contribution in [0.25, 0.3) is 0 Å². The van der Waals surface area contributed by atoms with Crippen molar-refractivity contribution in [1.29, 1.82) is 0 Å². The van der Waals surface area contributed by atoms with E-state index in [2.05, 4.69) is 20.3 Å². The topological polar surface area (TPSA) is 63.1 Å². The number of para-hydroxylation sites is 1. The summed E-state index contributed by atoms with van der Waals surface area (Å²) in [6.07, 6.45) is 5.28. The molecule has 0 saturated carbocycles. The second kappa shape index (κ2) is 9.43. The molecule has 150 valence electrons. The van der Waals surface area contributed by atoms with Crippen molar-refractivity contribution in [3.63, 3.8) is 0 Å². The van der Waals surface area contributed by atoms with Gasteiger partial charge in [-0.1, -0.05) is 35.5 Å². The van der Waals surface area contributed by atoms with E-state index in [1.807, 2.05) is 53.2 Å². The van der Waals surface area contributed by atoms with Crippen LogP contribution in [0.5, 0.6) is 0 Å². The van der Waals surface area contributed by atoms with Crippen molar-refractivity contribution >= 4 is 35.0 Å². The van der Waals surface area contributed by atoms with Crippen molar-refractivity contribution in [2.75, 3.05) is 25.0 Å². The summed E-state index contributed by atoms with van der Waals surface area (Å²) < 4.78 is 1.92. The van der Waals surface area contributed by atoms with Crippen molar-refractivity contribution in [2.45, 2.75) is 28.7 Å². The van der Waals surface area contributed by atoms with Gasteiger partial charge in [-0.05, 0) is 49.2 Å². The van der Waals surface area contributed by atoms with Crippen LogP contribution in [-0.2, 0) is 4.79 Å². The summed E-state index contributed by atoms with van der Waals surface area (Å²) in [5, 5.41) is 8.01. The first kappa shape index (κ1) is 19.9. The lowest BCUT2D eigenvalue weighted by atomic mass is 10.1. The van der Waals surface area contributed by atoms with Crippen molar-refractivity contribution in [3.05, 3.63) is 66.2 Å². The summed E-state index contributed by atoms with van der Waals surface area (Å²) in [5.74, 6) is 0.00774. The molecule has 3 aromatic rings. The number of anilines is 1. The smallest absolute Gasteiger partial charge is 0.238 e. The summed E-state index contributed by atoms with van der Waals surface area (Å²) in [6, 6.07) is 15.9. The first-order chi connectivity index (χ1) is 14.2. The van der Waals surface area contributed by atoms with Gasteiger partial charge < -0.3 is 5.32 Å². The van der Waals surface area contributed by atoms with Gasteiger partial charge in [0.05, 0.1) is 18.3 Å². The lowest BCUT2D eigenvalue weighted by Crippen LogP contribution is -2.39. The minimum atomic E-state index is 0.00774. The molecule has 29 heavy (non-hydrogen) atoms. The Bertz CT molecular complexity index is 940. The van der Waals surface area contributed by atoms with Crippen LogP contribution in [-0.4, -0.2) is 45.2 Å². The van der Waals surface area contributed by atoms with Crippen LogP contribution < -0.4 is 5.32 Å². The molecular weight excluding hydrogens is 406 g/mol. The van der Waals surface area contributed by atoms with Gasteiger partial charge in [0.15, 0.2) is 0 Å². The highest BCUT2D eigenvalue weighted by Crippen LogP contribution is 2.34. The zero-order chi connectivity index (χ0) is 20.1. The maximum absolute atomic E-state index is 12.6. The molecule has 0 unspecified atom stereocenters. The molecule has 0 radical (unpaired) electrons. The highest BCUT2D eigenvalue weighted by molar-refractivity contribution is 7.99. The Kier molecular flexibility index (Phi) is 6.49. The molecule has 1 aliphatic heterocycles. The molecule has 0 atom stereocenters. The number of hydrogen-bond donors (Lipinski definition) is 1. The molecule has 6 nitrogen and oxygen atoms in total. The average Bonchev–Trinajstić information content (AvgIpc) is 3.26. The number of carbonyl (C=O) groups excluding carboxylic acids is 1. The normalized spacial score (nSPS) is 15.3. The standard InChI is InChI=1S/C21H22ClN5OS/c22-16-5-7-18(8-6-16)29-20-4-2-1-3-19(20)25-21(28)13-26-11-9-17(10-12-26)27-15-23-14-24-27/h1-8,14-15,17H,9-13H2,(H,25,28). The van der Waals surface area contributed by atoms with E-state index in [0.29, 0.717) is 17.6 Å². The lowest BCUT2D eigenvalue weighted by molar-refractivity contribution is -0.117. The van der Waals surface area contributed by atoms with E-state index in [9.17, 15) is 4.79 Å². The molecule has 1 aliphatic rings. The average molecular weight is 428 g/mol. The number of likely N-dealkylation sites (tertiary alicyclic amines) is 1. The van der Waals surface area contributed by atoms with Gasteiger partial charge in [-0.25, -0.2) is 9.67 Å². The highest BCUT2D eigenvalue weighted by atomic mass is 35.5. The van der Waals surface area contributed by atoms with Crippen molar-refractivity contribution in [2.24, 2.45) is 0 Å². The molecule has 0 spiro atoms. The SMILES string of the molecule is O=C(CN1CCC(n2cncn2)CC1)Nc1ccccc1Sc1ccc(Cl)cc1. The van der Waals surface area contributed by atoms with E-state index in [-0.39, 0.29) is 5.91 Å². The summed E-state index contributed by atoms with van der Waals surface area (Å²) in [7, 11) is 0. The molecule has 1 N–H and O–H groups in total. The lowest BCUT2D eigenvalue weighted by Gasteiger charge is -2.31. The van der Waals surface area contributed by atoms with Gasteiger partial charge in [0.1, 0.15) is 12.7 Å². The van der Waals surface area contributed by atoms with Gasteiger partial charge in [-0.15, -0.1) is 0 Å². The van der Waals surface area contributed by atoms with E-state index in [1.165, 1.54) is 0 Å². The van der Waals surface area contributed by atoms with E-state index >= 15 is 0 Å². The fourth-order valence-corrected chi connectivity index (χ4v) is 4.46. The second-order valence-corrected chi connectivity index (χ2v) is 8.53. The molecule has 8 heteroatoms. The fourth-order valence-electron chi connectivity index (χ4n) is 3.43. The van der Waals surface area contributed by atoms with Crippen LogP contribution in [0.3, 0.4) is 0 Å². The van der Waals surface area contributed by atoms with Crippen molar-refractivity contribution in [1.82, 2.24) is 19.7 Å². The molecule has 2 aromatic carbocycles. The fraction of sp³-hybridized carbons (Fsp3) is 0.286. The number of rotatable bonds is 6. The quantitative estimate of drug-likeness (QED) is 0.633. The largest absolute Gasteiger partial charge is 0.324 e. The zero-order valence-corrected chi connectivity index (χ0v) is 17.4. The number of nitrogens with one attached hydrogen (secondary N) is 1. The maximum atomic E-state index is 12.6. The molecule has 1 aromatic heterocycles. The van der Waals surface area contributed by atoms with Crippen LogP contribution in [0.15, 0.2) is 71.0 Å². The van der Waals surface area contributed by atoms with E-state index in [1.54, 1.807) is 24.4 Å². The number of halogens is 1. The Balaban J connectivity index is 1.32. The monoisotopic (exact) mass is 427 g/mol. The predicted molar refractivity (Wildman–Crippen MR) is 115 cm³/mol. The Morgan fingerprint density at radius 2 is 1.90 bits per heavy atom. The Hall–Kier alpha value is -2.35. The van der Waals surface area contributed by atoms with Gasteiger partial charge >= 0.3 is 0 Å². The summed E-state index contributed by atoms with van der Waals surface area (Å²) in [6.45, 7) is 2.14. The summed E-state index contributed by atoms with van der Waals surface area (Å²) in [4.78, 5) is 20.9. The molecule has 1 saturated heterocycles. The minimum Gasteiger partial charge on any atom is -0.324 e. The minimum absolute atomic E-state index is 0.00774. The second-order valence-electron chi connectivity index (χ2n) is 6.98. The van der Waals surface area contributed by atoms with Gasteiger partial charge in [-0.2, -0.15) is 5.10 Å². The third-order valence-electron chi connectivity index (χ3n) is 4.94. The van der Waals surface area contributed by atoms with Gasteiger partial charge in [0, 0.05) is 27.9 Å². The van der Waals surface area contributed by atoms with Gasteiger partial charge in [0.2, 0.25) is 5.91 Å². The number of hydrogen-bond acceptors (Lipinski definition) is 5. The number of carbonyl (C=O) groups is 1. The molecule has 1 fully saturated rings. The molecule has 4 rings (SSSR count). The van der Waals surface area contributed by atoms with E-state index < -0.39 is 0 Å². The molecule has 0 bridgehead atoms. The Morgan fingerprint density at radius 3 is 2.62 bits per heavy atom. The van der Waals surface area contributed by atoms with Crippen LogP contribution >= 0.6 is 23.4 Å². The maximum Gasteiger partial charge on any atom is 0.238 e. The summed E-state index contributed by atoms with van der Waals surface area (Å²) >= 11 is 7.57. The predicted octanol–water partition coefficient (Wildman–Crippen LogP) is 4.36. The van der Waals surface area contributed by atoms with Crippen LogP contribution in [0.2, 0.25) is 5.02 Å². The number of benzene rings is 2. The number of amides is 1. The number of piperidine rings is 1. The van der Waals surface area contributed by atoms with Gasteiger partial charge in [0.25, 0.3) is 0 Å². The molecular formula is C21H22ClN5OS. The van der Waals surface area contributed by atoms with E-state index in [0.717, 1.165) is 41.4 Å². The van der Waals surface area contributed by atoms with Crippen LogP contribution in [0, 0.1) is 0 Å².